The van der Waals surface area contributed by atoms with Gasteiger partial charge in [-0.05, 0) is 48.9 Å². The quantitative estimate of drug-likeness (QED) is 0.548. The van der Waals surface area contributed by atoms with Gasteiger partial charge in [0, 0.05) is 17.6 Å². The largest absolute Gasteiger partial charge is 0.322 e. The van der Waals surface area contributed by atoms with Crippen molar-refractivity contribution in [2.45, 2.75) is 18.4 Å². The average molecular weight is 465 g/mol. The highest BCUT2D eigenvalue weighted by molar-refractivity contribution is 7.89. The molecule has 0 saturated heterocycles. The fourth-order valence-electron chi connectivity index (χ4n) is 2.82. The summed E-state index contributed by atoms with van der Waals surface area (Å²) in [6.45, 7) is 1.20. The maximum Gasteiger partial charge on any atom is 0.243 e. The molecule has 0 radical (unpaired) electrons. The van der Waals surface area contributed by atoms with E-state index in [0.29, 0.717) is 10.6 Å². The lowest BCUT2D eigenvalue weighted by Crippen LogP contribution is -2.37. The number of aryl methyl sites for hydroxylation is 1. The number of sulfonamides is 1. The van der Waals surface area contributed by atoms with Crippen LogP contribution in [-0.4, -0.2) is 25.2 Å². The lowest BCUT2D eigenvalue weighted by Gasteiger charge is -2.22. The molecule has 3 aromatic carbocycles. The highest BCUT2D eigenvalue weighted by Gasteiger charge is 2.27. The lowest BCUT2D eigenvalue weighted by molar-refractivity contribution is -0.116. The van der Waals surface area contributed by atoms with Crippen molar-refractivity contribution in [3.63, 3.8) is 0 Å². The highest BCUT2D eigenvalue weighted by Crippen LogP contribution is 2.21. The van der Waals surface area contributed by atoms with E-state index in [4.69, 9.17) is 11.6 Å². The summed E-state index contributed by atoms with van der Waals surface area (Å²) in [6, 6.07) is 15.3. The summed E-state index contributed by atoms with van der Waals surface area (Å²) in [6.07, 6.45) is 0. The molecule has 0 saturated carbocycles. The van der Waals surface area contributed by atoms with Crippen molar-refractivity contribution < 1.29 is 22.0 Å². The van der Waals surface area contributed by atoms with E-state index in [1.165, 1.54) is 24.3 Å². The smallest absolute Gasteiger partial charge is 0.243 e. The van der Waals surface area contributed by atoms with E-state index in [9.17, 15) is 22.0 Å². The molecular formula is C22H19ClF2N2O3S. The van der Waals surface area contributed by atoms with Gasteiger partial charge >= 0.3 is 0 Å². The summed E-state index contributed by atoms with van der Waals surface area (Å²) >= 11 is 5.85. The molecule has 0 bridgehead atoms. The van der Waals surface area contributed by atoms with Gasteiger partial charge in [-0.25, -0.2) is 17.2 Å². The van der Waals surface area contributed by atoms with Gasteiger partial charge in [-0.1, -0.05) is 41.4 Å². The number of nitrogens with one attached hydrogen (secondary N) is 1. The van der Waals surface area contributed by atoms with E-state index in [0.717, 1.165) is 28.1 Å². The van der Waals surface area contributed by atoms with Crippen LogP contribution in [0.2, 0.25) is 5.02 Å². The Morgan fingerprint density at radius 3 is 2.29 bits per heavy atom. The first-order valence-corrected chi connectivity index (χ1v) is 11.0. The van der Waals surface area contributed by atoms with Crippen LogP contribution >= 0.6 is 11.6 Å². The topological polar surface area (TPSA) is 66.5 Å². The molecule has 162 valence electrons. The second kappa shape index (κ2) is 9.55. The van der Waals surface area contributed by atoms with E-state index in [-0.39, 0.29) is 17.1 Å². The number of halogens is 3. The Morgan fingerprint density at radius 1 is 1.00 bits per heavy atom. The molecule has 0 aliphatic heterocycles. The first kappa shape index (κ1) is 22.9. The Labute approximate surface area is 184 Å². The van der Waals surface area contributed by atoms with Crippen LogP contribution in [0.25, 0.3) is 0 Å². The Kier molecular flexibility index (Phi) is 7.04. The van der Waals surface area contributed by atoms with Crippen LogP contribution in [0.5, 0.6) is 0 Å². The molecule has 3 rings (SSSR count). The van der Waals surface area contributed by atoms with Crippen molar-refractivity contribution in [2.75, 3.05) is 11.9 Å². The number of hydrogen-bond donors (Lipinski definition) is 1. The Morgan fingerprint density at radius 2 is 1.65 bits per heavy atom. The molecule has 0 fully saturated rings. The second-order valence-corrected chi connectivity index (χ2v) is 9.26. The molecule has 0 aliphatic rings. The molecule has 0 aromatic heterocycles. The van der Waals surface area contributed by atoms with Gasteiger partial charge in [0.15, 0.2) is 0 Å². The van der Waals surface area contributed by atoms with Gasteiger partial charge in [0.05, 0.1) is 17.1 Å². The normalized spacial score (nSPS) is 11.5. The SMILES string of the molecule is Cc1ccc(CN(CC(=O)Nc2cc(F)ccc2F)S(=O)(=O)c2ccc(Cl)cc2)cc1. The van der Waals surface area contributed by atoms with Crippen molar-refractivity contribution in [3.8, 4) is 0 Å². The number of nitrogens with zero attached hydrogens (tertiary/aromatic N) is 1. The predicted molar refractivity (Wildman–Crippen MR) is 115 cm³/mol. The molecule has 1 N–H and O–H groups in total. The average Bonchev–Trinajstić information content (AvgIpc) is 2.72. The summed E-state index contributed by atoms with van der Waals surface area (Å²) < 4.78 is 54.6. The molecule has 0 heterocycles. The van der Waals surface area contributed by atoms with Crippen LogP contribution in [0.1, 0.15) is 11.1 Å². The minimum atomic E-state index is -4.09. The van der Waals surface area contributed by atoms with Gasteiger partial charge < -0.3 is 5.32 Å². The summed E-state index contributed by atoms with van der Waals surface area (Å²) in [4.78, 5) is 12.5. The standard InChI is InChI=1S/C22H19ClF2N2O3S/c1-15-2-4-16(5-3-15)13-27(31(29,30)19-9-6-17(23)7-10-19)14-22(28)26-21-12-18(24)8-11-20(21)25/h2-12H,13-14H2,1H3,(H,26,28). The van der Waals surface area contributed by atoms with Crippen LogP contribution in [0.3, 0.4) is 0 Å². The molecule has 0 atom stereocenters. The number of benzene rings is 3. The van der Waals surface area contributed by atoms with Crippen molar-refractivity contribution in [1.29, 1.82) is 0 Å². The minimum absolute atomic E-state index is 0.0475. The van der Waals surface area contributed by atoms with Crippen molar-refractivity contribution in [1.82, 2.24) is 4.31 Å². The molecule has 3 aromatic rings. The lowest BCUT2D eigenvalue weighted by atomic mass is 10.1. The van der Waals surface area contributed by atoms with Crippen LogP contribution in [0.4, 0.5) is 14.5 Å². The molecule has 31 heavy (non-hydrogen) atoms. The van der Waals surface area contributed by atoms with Gasteiger partial charge in [0.25, 0.3) is 0 Å². The summed E-state index contributed by atoms with van der Waals surface area (Å²) in [7, 11) is -4.09. The molecular weight excluding hydrogens is 446 g/mol. The Bertz CT molecular complexity index is 1180. The molecule has 9 heteroatoms. The van der Waals surface area contributed by atoms with Crippen LogP contribution in [0, 0.1) is 18.6 Å². The zero-order chi connectivity index (χ0) is 22.6. The highest BCUT2D eigenvalue weighted by atomic mass is 35.5. The number of anilines is 1. The minimum Gasteiger partial charge on any atom is -0.322 e. The summed E-state index contributed by atoms with van der Waals surface area (Å²) in [5.41, 5.74) is 1.28. The van der Waals surface area contributed by atoms with Crippen LogP contribution in [-0.2, 0) is 21.4 Å². The maximum absolute atomic E-state index is 13.9. The Balaban J connectivity index is 1.89. The van der Waals surface area contributed by atoms with Crippen LogP contribution < -0.4 is 5.32 Å². The van der Waals surface area contributed by atoms with E-state index in [1.807, 2.05) is 19.1 Å². The molecule has 0 aliphatic carbocycles. The van der Waals surface area contributed by atoms with Gasteiger partial charge in [-0.15, -0.1) is 0 Å². The van der Waals surface area contributed by atoms with Crippen molar-refractivity contribution >= 4 is 33.2 Å². The van der Waals surface area contributed by atoms with E-state index >= 15 is 0 Å². The molecule has 0 unspecified atom stereocenters. The predicted octanol–water partition coefficient (Wildman–Crippen LogP) is 4.76. The third kappa shape index (κ3) is 5.88. The Hall–Kier alpha value is -2.81. The summed E-state index contributed by atoms with van der Waals surface area (Å²) in [5, 5.41) is 2.59. The zero-order valence-corrected chi connectivity index (χ0v) is 18.1. The van der Waals surface area contributed by atoms with Crippen molar-refractivity contribution in [2.24, 2.45) is 0 Å². The third-order valence-electron chi connectivity index (χ3n) is 4.45. The van der Waals surface area contributed by atoms with Crippen LogP contribution in [0.15, 0.2) is 71.6 Å². The molecule has 0 spiro atoms. The van der Waals surface area contributed by atoms with Crippen molar-refractivity contribution in [3.05, 3.63) is 94.5 Å². The van der Waals surface area contributed by atoms with E-state index in [2.05, 4.69) is 5.32 Å². The molecule has 1 amide bonds. The van der Waals surface area contributed by atoms with E-state index in [1.54, 1.807) is 12.1 Å². The van der Waals surface area contributed by atoms with Gasteiger partial charge in [0.1, 0.15) is 11.6 Å². The third-order valence-corrected chi connectivity index (χ3v) is 6.51. The number of carbonyl (C=O) groups excluding carboxylic acids is 1. The number of rotatable bonds is 7. The van der Waals surface area contributed by atoms with Gasteiger partial charge in [-0.3, -0.25) is 4.79 Å². The summed E-state index contributed by atoms with van der Waals surface area (Å²) in [5.74, 6) is -2.38. The fraction of sp³-hybridized carbons (Fsp3) is 0.136. The first-order chi connectivity index (χ1) is 14.6. The fourth-order valence-corrected chi connectivity index (χ4v) is 4.33. The second-order valence-electron chi connectivity index (χ2n) is 6.88. The number of amides is 1. The van der Waals surface area contributed by atoms with Gasteiger partial charge in [0.2, 0.25) is 15.9 Å². The monoisotopic (exact) mass is 464 g/mol. The number of hydrogen-bond acceptors (Lipinski definition) is 3. The molecule has 5 nitrogen and oxygen atoms in total. The zero-order valence-electron chi connectivity index (χ0n) is 16.5. The first-order valence-electron chi connectivity index (χ1n) is 9.21. The maximum atomic E-state index is 13.9. The number of carbonyl (C=O) groups is 1. The van der Waals surface area contributed by atoms with E-state index < -0.39 is 34.1 Å². The van der Waals surface area contributed by atoms with Gasteiger partial charge in [-0.2, -0.15) is 4.31 Å².